The standard InChI is InChI=1S/C25H33FN2O/c1-16-10-20(11-17(2)23(16)27-22(29)13-24(3,4)5)28-14-18-8-9-19(26)12-21(18)25(6,7)15-28/h8-12H,13-15H2,1-7H3,(H,27,29). The molecule has 1 heterocycles. The van der Waals surface area contributed by atoms with Crippen molar-refractivity contribution in [3.63, 3.8) is 0 Å². The zero-order valence-corrected chi connectivity index (χ0v) is 18.7. The van der Waals surface area contributed by atoms with Crippen molar-refractivity contribution in [3.8, 4) is 0 Å². The highest BCUT2D eigenvalue weighted by molar-refractivity contribution is 5.93. The molecule has 0 saturated heterocycles. The van der Waals surface area contributed by atoms with Gasteiger partial charge in [-0.3, -0.25) is 4.79 Å². The van der Waals surface area contributed by atoms with E-state index in [1.165, 1.54) is 5.56 Å². The number of benzene rings is 2. The first-order valence-corrected chi connectivity index (χ1v) is 10.3. The van der Waals surface area contributed by atoms with Gasteiger partial charge >= 0.3 is 0 Å². The minimum atomic E-state index is -0.174. The van der Waals surface area contributed by atoms with Crippen molar-refractivity contribution in [1.82, 2.24) is 0 Å². The maximum Gasteiger partial charge on any atom is 0.224 e. The number of hydrogen-bond donors (Lipinski definition) is 1. The number of halogens is 1. The molecule has 0 unspecified atom stereocenters. The van der Waals surface area contributed by atoms with Gasteiger partial charge in [-0.15, -0.1) is 0 Å². The maximum atomic E-state index is 13.8. The number of rotatable bonds is 3. The van der Waals surface area contributed by atoms with Crippen LogP contribution in [0.4, 0.5) is 15.8 Å². The van der Waals surface area contributed by atoms with Crippen LogP contribution in [0.15, 0.2) is 30.3 Å². The lowest BCUT2D eigenvalue weighted by atomic mass is 9.78. The first-order valence-electron chi connectivity index (χ1n) is 10.3. The average molecular weight is 397 g/mol. The second kappa shape index (κ2) is 7.47. The molecule has 0 fully saturated rings. The summed E-state index contributed by atoms with van der Waals surface area (Å²) < 4.78 is 13.8. The summed E-state index contributed by atoms with van der Waals surface area (Å²) in [5.41, 5.74) is 6.23. The summed E-state index contributed by atoms with van der Waals surface area (Å²) in [6, 6.07) is 9.41. The number of nitrogens with zero attached hydrogens (tertiary/aromatic N) is 1. The van der Waals surface area contributed by atoms with Crippen LogP contribution in [0.3, 0.4) is 0 Å². The third kappa shape index (κ3) is 4.80. The fourth-order valence-electron chi connectivity index (χ4n) is 4.31. The van der Waals surface area contributed by atoms with Crippen LogP contribution in [0, 0.1) is 25.1 Å². The van der Waals surface area contributed by atoms with E-state index in [9.17, 15) is 9.18 Å². The van der Waals surface area contributed by atoms with E-state index in [4.69, 9.17) is 0 Å². The average Bonchev–Trinajstić information content (AvgIpc) is 2.56. The molecule has 1 amide bonds. The van der Waals surface area contributed by atoms with Crippen molar-refractivity contribution in [2.75, 3.05) is 16.8 Å². The minimum Gasteiger partial charge on any atom is -0.366 e. The zero-order valence-electron chi connectivity index (χ0n) is 18.7. The third-order valence-electron chi connectivity index (χ3n) is 5.59. The van der Waals surface area contributed by atoms with Crippen molar-refractivity contribution in [2.24, 2.45) is 5.41 Å². The Balaban J connectivity index is 1.87. The molecule has 1 aliphatic heterocycles. The summed E-state index contributed by atoms with van der Waals surface area (Å²) in [5.74, 6) is -0.126. The van der Waals surface area contributed by atoms with Crippen LogP contribution in [0.2, 0.25) is 0 Å². The van der Waals surface area contributed by atoms with Gasteiger partial charge < -0.3 is 10.2 Å². The van der Waals surface area contributed by atoms with Gasteiger partial charge in [-0.05, 0) is 65.8 Å². The molecule has 1 aliphatic rings. The Kier molecular flexibility index (Phi) is 5.50. The second-order valence-corrected chi connectivity index (χ2v) is 10.3. The largest absolute Gasteiger partial charge is 0.366 e. The molecule has 0 aromatic heterocycles. The molecular formula is C25H33FN2O. The topological polar surface area (TPSA) is 32.3 Å². The number of hydrogen-bond acceptors (Lipinski definition) is 2. The van der Waals surface area contributed by atoms with Crippen LogP contribution in [-0.4, -0.2) is 12.5 Å². The highest BCUT2D eigenvalue weighted by Crippen LogP contribution is 2.37. The van der Waals surface area contributed by atoms with Crippen LogP contribution in [-0.2, 0) is 16.8 Å². The van der Waals surface area contributed by atoms with Gasteiger partial charge in [-0.1, -0.05) is 40.7 Å². The Hall–Kier alpha value is -2.36. The molecule has 3 nitrogen and oxygen atoms in total. The number of fused-ring (bicyclic) bond motifs is 1. The SMILES string of the molecule is Cc1cc(N2Cc3ccc(F)cc3C(C)(C)C2)cc(C)c1NC(=O)CC(C)(C)C. The van der Waals surface area contributed by atoms with E-state index in [0.717, 1.165) is 41.2 Å². The highest BCUT2D eigenvalue weighted by atomic mass is 19.1. The van der Waals surface area contributed by atoms with Gasteiger partial charge in [0.15, 0.2) is 0 Å². The van der Waals surface area contributed by atoms with Gasteiger partial charge in [0.05, 0.1) is 0 Å². The molecule has 2 aromatic carbocycles. The van der Waals surface area contributed by atoms with Crippen LogP contribution in [0.1, 0.15) is 63.3 Å². The number of carbonyl (C=O) groups is 1. The fourth-order valence-corrected chi connectivity index (χ4v) is 4.31. The minimum absolute atomic E-state index is 0.0436. The normalized spacial score (nSPS) is 15.8. The van der Waals surface area contributed by atoms with E-state index in [-0.39, 0.29) is 22.6 Å². The summed E-state index contributed by atoms with van der Waals surface area (Å²) in [5, 5.41) is 3.10. The lowest BCUT2D eigenvalue weighted by molar-refractivity contribution is -0.117. The second-order valence-electron chi connectivity index (χ2n) is 10.3. The number of aryl methyl sites for hydroxylation is 2. The Morgan fingerprint density at radius 3 is 2.34 bits per heavy atom. The number of amides is 1. The van der Waals surface area contributed by atoms with Gasteiger partial charge in [0.2, 0.25) is 5.91 Å². The molecule has 156 valence electrons. The first-order chi connectivity index (χ1) is 13.4. The molecule has 4 heteroatoms. The molecule has 0 bridgehead atoms. The molecule has 0 radical (unpaired) electrons. The monoisotopic (exact) mass is 396 g/mol. The van der Waals surface area contributed by atoms with E-state index in [2.05, 4.69) is 57.0 Å². The number of anilines is 2. The first kappa shape index (κ1) is 21.4. The smallest absolute Gasteiger partial charge is 0.224 e. The maximum absolute atomic E-state index is 13.8. The summed E-state index contributed by atoms with van der Waals surface area (Å²) in [6.45, 7) is 16.2. The van der Waals surface area contributed by atoms with E-state index >= 15 is 0 Å². The summed E-state index contributed by atoms with van der Waals surface area (Å²) in [6.07, 6.45) is 0.487. The lowest BCUT2D eigenvalue weighted by Gasteiger charge is -2.41. The Labute approximate surface area is 174 Å². The van der Waals surface area contributed by atoms with Crippen molar-refractivity contribution in [3.05, 3.63) is 58.4 Å². The predicted molar refractivity (Wildman–Crippen MR) is 119 cm³/mol. The molecule has 0 saturated carbocycles. The van der Waals surface area contributed by atoms with E-state index in [0.29, 0.717) is 6.42 Å². The molecule has 0 aliphatic carbocycles. The van der Waals surface area contributed by atoms with Gasteiger partial charge in [-0.2, -0.15) is 0 Å². The van der Waals surface area contributed by atoms with Gasteiger partial charge in [-0.25, -0.2) is 4.39 Å². The Morgan fingerprint density at radius 1 is 1.14 bits per heavy atom. The highest BCUT2D eigenvalue weighted by Gasteiger charge is 2.32. The zero-order chi connectivity index (χ0) is 21.6. The molecule has 0 atom stereocenters. The summed E-state index contributed by atoms with van der Waals surface area (Å²) >= 11 is 0. The van der Waals surface area contributed by atoms with Crippen molar-refractivity contribution in [2.45, 2.75) is 66.8 Å². The Bertz CT molecular complexity index is 917. The quantitative estimate of drug-likeness (QED) is 0.678. The van der Waals surface area contributed by atoms with E-state index < -0.39 is 0 Å². The van der Waals surface area contributed by atoms with Crippen LogP contribution < -0.4 is 10.2 Å². The molecule has 1 N–H and O–H groups in total. The van der Waals surface area contributed by atoms with E-state index in [1.54, 1.807) is 12.1 Å². The van der Waals surface area contributed by atoms with Crippen LogP contribution in [0.25, 0.3) is 0 Å². The number of carbonyl (C=O) groups excluding carboxylic acids is 1. The van der Waals surface area contributed by atoms with Crippen molar-refractivity contribution < 1.29 is 9.18 Å². The summed E-state index contributed by atoms with van der Waals surface area (Å²) in [7, 11) is 0. The fraction of sp³-hybridized carbons (Fsp3) is 0.480. The Morgan fingerprint density at radius 2 is 1.76 bits per heavy atom. The lowest BCUT2D eigenvalue weighted by Crippen LogP contribution is -2.42. The van der Waals surface area contributed by atoms with Crippen molar-refractivity contribution in [1.29, 1.82) is 0 Å². The molecule has 3 rings (SSSR count). The van der Waals surface area contributed by atoms with Crippen LogP contribution in [0.5, 0.6) is 0 Å². The predicted octanol–water partition coefficient (Wildman–Crippen LogP) is 6.12. The van der Waals surface area contributed by atoms with E-state index in [1.807, 2.05) is 19.9 Å². The third-order valence-corrected chi connectivity index (χ3v) is 5.59. The molecule has 2 aromatic rings. The molecule has 0 spiro atoms. The molecular weight excluding hydrogens is 363 g/mol. The summed E-state index contributed by atoms with van der Waals surface area (Å²) in [4.78, 5) is 14.8. The van der Waals surface area contributed by atoms with Crippen molar-refractivity contribution >= 4 is 17.3 Å². The van der Waals surface area contributed by atoms with Gasteiger partial charge in [0.25, 0.3) is 0 Å². The van der Waals surface area contributed by atoms with Crippen LogP contribution >= 0.6 is 0 Å². The van der Waals surface area contributed by atoms with Gasteiger partial charge in [0.1, 0.15) is 5.82 Å². The van der Waals surface area contributed by atoms with Gasteiger partial charge in [0, 0.05) is 36.3 Å². The molecule has 29 heavy (non-hydrogen) atoms. The number of nitrogens with one attached hydrogen (secondary N) is 1.